The highest BCUT2D eigenvalue weighted by Gasteiger charge is 2.11. The van der Waals surface area contributed by atoms with Crippen molar-refractivity contribution in [3.05, 3.63) is 58.6 Å². The van der Waals surface area contributed by atoms with E-state index in [1.807, 2.05) is 24.3 Å². The number of nitrogens with zero attached hydrogens (tertiary/aromatic N) is 1. The Bertz CT molecular complexity index is 682. The zero-order chi connectivity index (χ0) is 16.8. The summed E-state index contributed by atoms with van der Waals surface area (Å²) in [7, 11) is 0. The number of hydrogen-bond acceptors (Lipinski definition) is 3. The summed E-state index contributed by atoms with van der Waals surface area (Å²) >= 11 is 3.44. The van der Waals surface area contributed by atoms with Gasteiger partial charge in [0.2, 0.25) is 5.91 Å². The highest BCUT2D eigenvalue weighted by molar-refractivity contribution is 9.10. The molecule has 0 saturated carbocycles. The molecule has 2 aromatic rings. The SMILES string of the molecule is O=C(CCc1ccc(N2CCOCC2)cc1)Nc1ccccc1Br. The molecule has 1 saturated heterocycles. The van der Waals surface area contributed by atoms with Crippen LogP contribution in [0, 0.1) is 0 Å². The van der Waals surface area contributed by atoms with E-state index in [1.54, 1.807) is 0 Å². The summed E-state index contributed by atoms with van der Waals surface area (Å²) < 4.78 is 6.27. The molecule has 0 aromatic heterocycles. The van der Waals surface area contributed by atoms with Gasteiger partial charge in [-0.2, -0.15) is 0 Å². The van der Waals surface area contributed by atoms with Crippen LogP contribution in [0.2, 0.25) is 0 Å². The van der Waals surface area contributed by atoms with Crippen LogP contribution in [-0.2, 0) is 16.0 Å². The van der Waals surface area contributed by atoms with Gasteiger partial charge in [-0.1, -0.05) is 24.3 Å². The Morgan fingerprint density at radius 1 is 1.08 bits per heavy atom. The van der Waals surface area contributed by atoms with E-state index < -0.39 is 0 Å². The normalized spacial score (nSPS) is 14.5. The van der Waals surface area contributed by atoms with Gasteiger partial charge >= 0.3 is 0 Å². The number of carbonyl (C=O) groups excluding carboxylic acids is 1. The van der Waals surface area contributed by atoms with Gasteiger partial charge in [-0.15, -0.1) is 0 Å². The largest absolute Gasteiger partial charge is 0.378 e. The van der Waals surface area contributed by atoms with Gasteiger partial charge in [-0.3, -0.25) is 4.79 Å². The zero-order valence-corrected chi connectivity index (χ0v) is 15.1. The van der Waals surface area contributed by atoms with Gasteiger partial charge in [0.1, 0.15) is 0 Å². The maximum atomic E-state index is 12.1. The summed E-state index contributed by atoms with van der Waals surface area (Å²) in [5.41, 5.74) is 3.21. The van der Waals surface area contributed by atoms with Crippen molar-refractivity contribution in [2.45, 2.75) is 12.8 Å². The maximum absolute atomic E-state index is 12.1. The Labute approximate surface area is 150 Å². The third-order valence-electron chi connectivity index (χ3n) is 4.10. The van der Waals surface area contributed by atoms with Gasteiger partial charge in [-0.05, 0) is 52.2 Å². The number of anilines is 2. The Hall–Kier alpha value is -1.85. The van der Waals surface area contributed by atoms with E-state index >= 15 is 0 Å². The predicted octanol–water partition coefficient (Wildman–Crippen LogP) is 3.86. The smallest absolute Gasteiger partial charge is 0.224 e. The third-order valence-corrected chi connectivity index (χ3v) is 4.79. The van der Waals surface area contributed by atoms with E-state index in [0.29, 0.717) is 6.42 Å². The molecule has 1 N–H and O–H groups in total. The number of rotatable bonds is 5. The van der Waals surface area contributed by atoms with Crippen molar-refractivity contribution in [3.63, 3.8) is 0 Å². The van der Waals surface area contributed by atoms with Crippen LogP contribution in [0.5, 0.6) is 0 Å². The Balaban J connectivity index is 1.51. The first-order valence-electron chi connectivity index (χ1n) is 8.18. The van der Waals surface area contributed by atoms with E-state index in [1.165, 1.54) is 11.3 Å². The number of halogens is 1. The molecule has 3 rings (SSSR count). The first kappa shape index (κ1) is 17.0. The van der Waals surface area contributed by atoms with Crippen molar-refractivity contribution in [3.8, 4) is 0 Å². The molecular formula is C19H21BrN2O2. The Morgan fingerprint density at radius 2 is 1.79 bits per heavy atom. The van der Waals surface area contributed by atoms with E-state index in [9.17, 15) is 4.79 Å². The van der Waals surface area contributed by atoms with E-state index in [2.05, 4.69) is 50.4 Å². The highest BCUT2D eigenvalue weighted by atomic mass is 79.9. The van der Waals surface area contributed by atoms with Crippen molar-refractivity contribution in [1.82, 2.24) is 0 Å². The molecule has 0 atom stereocenters. The van der Waals surface area contributed by atoms with Crippen LogP contribution in [-0.4, -0.2) is 32.2 Å². The van der Waals surface area contributed by atoms with Gasteiger partial charge < -0.3 is 15.0 Å². The van der Waals surface area contributed by atoms with Crippen LogP contribution in [0.25, 0.3) is 0 Å². The number of ether oxygens (including phenoxy) is 1. The monoisotopic (exact) mass is 388 g/mol. The molecule has 1 fully saturated rings. The summed E-state index contributed by atoms with van der Waals surface area (Å²) in [5, 5.41) is 2.94. The molecule has 5 heteroatoms. The minimum Gasteiger partial charge on any atom is -0.378 e. The fourth-order valence-corrected chi connectivity index (χ4v) is 3.11. The lowest BCUT2D eigenvalue weighted by molar-refractivity contribution is -0.116. The molecule has 0 bridgehead atoms. The van der Waals surface area contributed by atoms with Crippen molar-refractivity contribution in [2.75, 3.05) is 36.5 Å². The standard InChI is InChI=1S/C19H21BrN2O2/c20-17-3-1-2-4-18(17)21-19(23)10-7-15-5-8-16(9-6-15)22-11-13-24-14-12-22/h1-6,8-9H,7,10-14H2,(H,21,23). The summed E-state index contributed by atoms with van der Waals surface area (Å²) in [5.74, 6) is 0.0270. The minimum atomic E-state index is 0.0270. The van der Waals surface area contributed by atoms with Gasteiger partial charge in [-0.25, -0.2) is 0 Å². The van der Waals surface area contributed by atoms with Crippen LogP contribution in [0.4, 0.5) is 11.4 Å². The van der Waals surface area contributed by atoms with Gasteiger partial charge in [0.15, 0.2) is 0 Å². The van der Waals surface area contributed by atoms with E-state index in [-0.39, 0.29) is 5.91 Å². The molecule has 0 unspecified atom stereocenters. The number of hydrogen-bond donors (Lipinski definition) is 1. The van der Waals surface area contributed by atoms with Gasteiger partial charge in [0.25, 0.3) is 0 Å². The number of amides is 1. The Kier molecular flexibility index (Phi) is 5.88. The average molecular weight is 389 g/mol. The minimum absolute atomic E-state index is 0.0270. The summed E-state index contributed by atoms with van der Waals surface area (Å²) in [6.45, 7) is 3.45. The number of benzene rings is 2. The van der Waals surface area contributed by atoms with Crippen LogP contribution in [0.3, 0.4) is 0 Å². The van der Waals surface area contributed by atoms with Crippen LogP contribution in [0.1, 0.15) is 12.0 Å². The summed E-state index contributed by atoms with van der Waals surface area (Å²) in [6, 6.07) is 16.1. The Morgan fingerprint density at radius 3 is 2.50 bits per heavy atom. The van der Waals surface area contributed by atoms with Crippen LogP contribution < -0.4 is 10.2 Å². The third kappa shape index (κ3) is 4.58. The molecule has 1 aliphatic rings. The van der Waals surface area contributed by atoms with E-state index in [0.717, 1.165) is 42.9 Å². The highest BCUT2D eigenvalue weighted by Crippen LogP contribution is 2.22. The molecule has 0 aliphatic carbocycles. The number of morpholine rings is 1. The molecule has 2 aromatic carbocycles. The molecule has 126 valence electrons. The number of para-hydroxylation sites is 1. The van der Waals surface area contributed by atoms with Crippen molar-refractivity contribution in [1.29, 1.82) is 0 Å². The quantitative estimate of drug-likeness (QED) is 0.845. The molecular weight excluding hydrogens is 368 g/mol. The molecule has 1 aliphatic heterocycles. The molecule has 0 radical (unpaired) electrons. The zero-order valence-electron chi connectivity index (χ0n) is 13.5. The van der Waals surface area contributed by atoms with Gasteiger partial charge in [0.05, 0.1) is 18.9 Å². The second-order valence-electron chi connectivity index (χ2n) is 5.79. The van der Waals surface area contributed by atoms with Crippen LogP contribution >= 0.6 is 15.9 Å². The second kappa shape index (κ2) is 8.31. The molecule has 1 amide bonds. The average Bonchev–Trinajstić information content (AvgIpc) is 2.63. The summed E-state index contributed by atoms with van der Waals surface area (Å²) in [6.07, 6.45) is 1.21. The van der Waals surface area contributed by atoms with Crippen LogP contribution in [0.15, 0.2) is 53.0 Å². The van der Waals surface area contributed by atoms with Crippen molar-refractivity contribution < 1.29 is 9.53 Å². The molecule has 24 heavy (non-hydrogen) atoms. The summed E-state index contributed by atoms with van der Waals surface area (Å²) in [4.78, 5) is 14.4. The molecule has 0 spiro atoms. The predicted molar refractivity (Wildman–Crippen MR) is 101 cm³/mol. The second-order valence-corrected chi connectivity index (χ2v) is 6.65. The topological polar surface area (TPSA) is 41.6 Å². The van der Waals surface area contributed by atoms with Crippen molar-refractivity contribution >= 4 is 33.2 Å². The lowest BCUT2D eigenvalue weighted by Gasteiger charge is -2.28. The van der Waals surface area contributed by atoms with Crippen molar-refractivity contribution in [2.24, 2.45) is 0 Å². The van der Waals surface area contributed by atoms with Gasteiger partial charge in [0, 0.05) is 29.7 Å². The lowest BCUT2D eigenvalue weighted by Crippen LogP contribution is -2.36. The first-order chi connectivity index (χ1) is 11.7. The molecule has 4 nitrogen and oxygen atoms in total. The molecule has 1 heterocycles. The fraction of sp³-hybridized carbons (Fsp3) is 0.316. The maximum Gasteiger partial charge on any atom is 0.224 e. The first-order valence-corrected chi connectivity index (χ1v) is 8.98. The number of nitrogens with one attached hydrogen (secondary N) is 1. The number of aryl methyl sites for hydroxylation is 1. The lowest BCUT2D eigenvalue weighted by atomic mass is 10.1. The number of carbonyl (C=O) groups is 1. The fourth-order valence-electron chi connectivity index (χ4n) is 2.73. The van der Waals surface area contributed by atoms with E-state index in [4.69, 9.17) is 4.74 Å².